The normalized spacial score (nSPS) is 11.5. The maximum atomic E-state index is 13.6. The number of rotatable bonds is 7. The number of benzene rings is 2. The first-order valence-corrected chi connectivity index (χ1v) is 11.6. The van der Waals surface area contributed by atoms with Crippen molar-refractivity contribution in [3.05, 3.63) is 102 Å². The second-order valence-electron chi connectivity index (χ2n) is 7.47. The summed E-state index contributed by atoms with van der Waals surface area (Å²) in [7, 11) is -0.907. The molecule has 0 bridgehead atoms. The molecule has 10 heteroatoms. The Morgan fingerprint density at radius 1 is 1.00 bits per heavy atom. The summed E-state index contributed by atoms with van der Waals surface area (Å²) in [5.41, 5.74) is 2.63. The van der Waals surface area contributed by atoms with E-state index in [4.69, 9.17) is 4.99 Å². The van der Waals surface area contributed by atoms with Crippen LogP contribution in [0, 0.1) is 5.82 Å². The molecule has 34 heavy (non-hydrogen) atoms. The predicted molar refractivity (Wildman–Crippen MR) is 129 cm³/mol. The Hall–Kier alpha value is -4.18. The van der Waals surface area contributed by atoms with E-state index in [0.717, 1.165) is 34.5 Å². The van der Waals surface area contributed by atoms with Gasteiger partial charge in [-0.3, -0.25) is 0 Å². The van der Waals surface area contributed by atoms with Crippen LogP contribution in [-0.2, 0) is 10.0 Å². The molecule has 0 fully saturated rings. The van der Waals surface area contributed by atoms with Gasteiger partial charge in [-0.2, -0.15) is 13.5 Å². The Balaban J connectivity index is 1.91. The average Bonchev–Trinajstić information content (AvgIpc) is 3.28. The van der Waals surface area contributed by atoms with Crippen LogP contribution < -0.4 is 0 Å². The van der Waals surface area contributed by atoms with Gasteiger partial charge in [0.15, 0.2) is 11.6 Å². The third-order valence-corrected chi connectivity index (χ3v) is 5.84. The summed E-state index contributed by atoms with van der Waals surface area (Å²) < 4.78 is 44.5. The molecule has 0 amide bonds. The Kier molecular flexibility index (Phi) is 6.60. The molecule has 0 saturated carbocycles. The molecule has 4 rings (SSSR count). The van der Waals surface area contributed by atoms with E-state index in [1.165, 1.54) is 17.2 Å². The molecule has 0 atom stereocenters. The zero-order valence-electron chi connectivity index (χ0n) is 18.4. The van der Waals surface area contributed by atoms with Crippen LogP contribution in [-0.4, -0.2) is 54.2 Å². The van der Waals surface area contributed by atoms with Gasteiger partial charge in [0.05, 0.1) is 30.0 Å². The summed E-state index contributed by atoms with van der Waals surface area (Å²) in [6.07, 6.45) is 4.59. The van der Waals surface area contributed by atoms with E-state index in [1.807, 2.05) is 60.7 Å². The molecule has 0 saturated heterocycles. The van der Waals surface area contributed by atoms with Crippen LogP contribution >= 0.6 is 0 Å². The van der Waals surface area contributed by atoms with Gasteiger partial charge >= 0.3 is 0 Å². The fourth-order valence-corrected chi connectivity index (χ4v) is 4.17. The first kappa shape index (κ1) is 23.0. The van der Waals surface area contributed by atoms with Gasteiger partial charge in [-0.05, 0) is 6.07 Å². The maximum Gasteiger partial charge on any atom is 0.287 e. The Labute approximate surface area is 196 Å². The van der Waals surface area contributed by atoms with Crippen molar-refractivity contribution in [3.8, 4) is 5.82 Å². The number of pyridine rings is 1. The standard InChI is InChI=1S/C24H21FN6O2S/c1-30(2)17-28-34(32,33)22-13-21(15-26-24(22)31-16-20(25)14-27-31)29-23(18-9-5-3-6-10-18)19-11-7-4-8-12-19/h3-17H,1-2H3/b28-17+. The minimum atomic E-state index is -4.20. The number of hydrogen-bond donors (Lipinski definition) is 0. The predicted octanol–water partition coefficient (Wildman–Crippen LogP) is 3.85. The van der Waals surface area contributed by atoms with E-state index in [0.29, 0.717) is 5.71 Å². The first-order valence-electron chi connectivity index (χ1n) is 10.2. The molecule has 8 nitrogen and oxygen atoms in total. The lowest BCUT2D eigenvalue weighted by atomic mass is 10.0. The van der Waals surface area contributed by atoms with Crippen molar-refractivity contribution >= 4 is 27.8 Å². The van der Waals surface area contributed by atoms with Gasteiger partial charge in [-0.25, -0.2) is 19.0 Å². The largest absolute Gasteiger partial charge is 0.368 e. The van der Waals surface area contributed by atoms with E-state index in [-0.39, 0.29) is 16.4 Å². The smallest absolute Gasteiger partial charge is 0.287 e. The lowest BCUT2D eigenvalue weighted by Crippen LogP contribution is -2.12. The molecular weight excluding hydrogens is 455 g/mol. The molecule has 0 aliphatic carbocycles. The second-order valence-corrected chi connectivity index (χ2v) is 9.07. The lowest BCUT2D eigenvalue weighted by molar-refractivity contribution is 0.592. The number of nitrogens with zero attached hydrogens (tertiary/aromatic N) is 6. The van der Waals surface area contributed by atoms with E-state index in [2.05, 4.69) is 14.5 Å². The number of aromatic nitrogens is 3. The number of halogens is 1. The van der Waals surface area contributed by atoms with Crippen molar-refractivity contribution in [1.82, 2.24) is 19.7 Å². The summed E-state index contributed by atoms with van der Waals surface area (Å²) in [6, 6.07) is 20.4. The second kappa shape index (κ2) is 9.75. The summed E-state index contributed by atoms with van der Waals surface area (Å²) in [6.45, 7) is 0. The van der Waals surface area contributed by atoms with Crippen LogP contribution in [0.4, 0.5) is 10.1 Å². The van der Waals surface area contributed by atoms with Crippen molar-refractivity contribution in [2.75, 3.05) is 14.1 Å². The molecule has 2 heterocycles. The highest BCUT2D eigenvalue weighted by Crippen LogP contribution is 2.26. The summed E-state index contributed by atoms with van der Waals surface area (Å²) in [5, 5.41) is 3.86. The molecule has 0 spiro atoms. The molecule has 2 aromatic carbocycles. The monoisotopic (exact) mass is 476 g/mol. The molecule has 0 radical (unpaired) electrons. The highest BCUT2D eigenvalue weighted by Gasteiger charge is 2.22. The fourth-order valence-electron chi connectivity index (χ4n) is 3.10. The van der Waals surface area contributed by atoms with E-state index in [1.54, 1.807) is 14.1 Å². The van der Waals surface area contributed by atoms with Crippen molar-refractivity contribution in [1.29, 1.82) is 0 Å². The van der Waals surface area contributed by atoms with Gasteiger partial charge in [0, 0.05) is 25.2 Å². The number of aliphatic imine (C=N–C) groups is 1. The Bertz CT molecular complexity index is 1410. The number of sulfonamides is 1. The molecule has 2 aromatic heterocycles. The zero-order chi connectivity index (χ0) is 24.1. The average molecular weight is 477 g/mol. The van der Waals surface area contributed by atoms with Crippen LogP contribution in [0.1, 0.15) is 11.1 Å². The molecule has 0 aliphatic rings. The minimum Gasteiger partial charge on any atom is -0.368 e. The third kappa shape index (κ3) is 5.24. The molecule has 0 aliphatic heterocycles. The minimum absolute atomic E-state index is 0.0836. The molecule has 172 valence electrons. The maximum absolute atomic E-state index is 13.6. The Morgan fingerprint density at radius 2 is 1.62 bits per heavy atom. The van der Waals surface area contributed by atoms with Crippen LogP contribution in [0.25, 0.3) is 5.82 Å². The van der Waals surface area contributed by atoms with Gasteiger partial charge in [-0.1, -0.05) is 60.7 Å². The third-order valence-electron chi connectivity index (χ3n) is 4.62. The zero-order valence-corrected chi connectivity index (χ0v) is 19.3. The van der Waals surface area contributed by atoms with Gasteiger partial charge in [0.25, 0.3) is 10.0 Å². The quantitative estimate of drug-likeness (QED) is 0.298. The van der Waals surface area contributed by atoms with Crippen LogP contribution in [0.5, 0.6) is 0 Å². The van der Waals surface area contributed by atoms with E-state index >= 15 is 0 Å². The van der Waals surface area contributed by atoms with Crippen molar-refractivity contribution < 1.29 is 12.8 Å². The summed E-state index contributed by atoms with van der Waals surface area (Å²) >= 11 is 0. The van der Waals surface area contributed by atoms with E-state index < -0.39 is 15.8 Å². The summed E-state index contributed by atoms with van der Waals surface area (Å²) in [4.78, 5) is 10.2. The SMILES string of the molecule is CN(C)/C=N/S(=O)(=O)c1cc(N=C(c2ccccc2)c2ccccc2)cnc1-n1cc(F)cn1. The topological polar surface area (TPSA) is 92.8 Å². The lowest BCUT2D eigenvalue weighted by Gasteiger charge is -2.11. The highest BCUT2D eigenvalue weighted by atomic mass is 32.2. The van der Waals surface area contributed by atoms with Crippen LogP contribution in [0.2, 0.25) is 0 Å². The molecule has 0 unspecified atom stereocenters. The van der Waals surface area contributed by atoms with Gasteiger partial charge < -0.3 is 4.90 Å². The fraction of sp³-hybridized carbons (Fsp3) is 0.0833. The van der Waals surface area contributed by atoms with Crippen molar-refractivity contribution in [3.63, 3.8) is 0 Å². The molecular formula is C24H21FN6O2S. The van der Waals surface area contributed by atoms with Crippen molar-refractivity contribution in [2.24, 2.45) is 9.39 Å². The molecule has 0 N–H and O–H groups in total. The Morgan fingerprint density at radius 3 is 2.15 bits per heavy atom. The van der Waals surface area contributed by atoms with E-state index in [9.17, 15) is 12.8 Å². The van der Waals surface area contributed by atoms with Gasteiger partial charge in [0.1, 0.15) is 11.2 Å². The number of hydrogen-bond acceptors (Lipinski definition) is 5. The summed E-state index contributed by atoms with van der Waals surface area (Å²) in [5.74, 6) is -0.709. The van der Waals surface area contributed by atoms with Gasteiger partial charge in [0.2, 0.25) is 0 Å². The van der Waals surface area contributed by atoms with Crippen LogP contribution in [0.15, 0.2) is 99.6 Å². The first-order chi connectivity index (χ1) is 16.3. The van der Waals surface area contributed by atoms with Gasteiger partial charge in [-0.15, -0.1) is 4.40 Å². The van der Waals surface area contributed by atoms with Crippen molar-refractivity contribution in [2.45, 2.75) is 4.90 Å². The molecule has 4 aromatic rings. The van der Waals surface area contributed by atoms with Crippen LogP contribution in [0.3, 0.4) is 0 Å². The highest BCUT2D eigenvalue weighted by molar-refractivity contribution is 7.90.